The molecule has 0 spiro atoms. The minimum Gasteiger partial charge on any atom is -0.508 e. The van der Waals surface area contributed by atoms with Crippen molar-refractivity contribution in [3.05, 3.63) is 59.1 Å². The third-order valence-corrected chi connectivity index (χ3v) is 2.84. The number of carbonyl (C=O) groups excluding carboxylic acids is 1. The minimum atomic E-state index is -0.233. The second-order valence-electron chi connectivity index (χ2n) is 4.19. The Labute approximate surface area is 122 Å². The van der Waals surface area contributed by atoms with Crippen molar-refractivity contribution in [1.29, 1.82) is 0 Å². The molecule has 0 heterocycles. The van der Waals surface area contributed by atoms with Gasteiger partial charge in [0.05, 0.1) is 0 Å². The molecular formula is C15H14ClNO3. The van der Waals surface area contributed by atoms with Crippen LogP contribution in [0.3, 0.4) is 0 Å². The summed E-state index contributed by atoms with van der Waals surface area (Å²) in [5.74, 6) is 0.527. The summed E-state index contributed by atoms with van der Waals surface area (Å²) in [6, 6.07) is 13.5. The van der Waals surface area contributed by atoms with E-state index in [-0.39, 0.29) is 18.3 Å². The van der Waals surface area contributed by atoms with Crippen LogP contribution in [0.15, 0.2) is 48.5 Å². The van der Waals surface area contributed by atoms with Crippen LogP contribution in [0.25, 0.3) is 0 Å². The van der Waals surface area contributed by atoms with Gasteiger partial charge in [0.25, 0.3) is 5.91 Å². The predicted octanol–water partition coefficient (Wildman–Crippen LogP) is 2.74. The maximum atomic E-state index is 11.6. The Morgan fingerprint density at radius 3 is 2.65 bits per heavy atom. The van der Waals surface area contributed by atoms with Gasteiger partial charge in [-0.25, -0.2) is 0 Å². The number of carbonyl (C=O) groups is 1. The number of aromatic hydroxyl groups is 1. The number of rotatable bonds is 5. The maximum Gasteiger partial charge on any atom is 0.258 e. The number of nitrogens with one attached hydrogen (secondary N) is 1. The van der Waals surface area contributed by atoms with E-state index < -0.39 is 0 Å². The van der Waals surface area contributed by atoms with Crippen LogP contribution in [0.4, 0.5) is 0 Å². The highest BCUT2D eigenvalue weighted by Gasteiger charge is 2.03. The van der Waals surface area contributed by atoms with E-state index in [1.54, 1.807) is 42.5 Å². The molecule has 0 aliphatic carbocycles. The summed E-state index contributed by atoms with van der Waals surface area (Å²) < 4.78 is 5.31. The lowest BCUT2D eigenvalue weighted by molar-refractivity contribution is -0.123. The summed E-state index contributed by atoms with van der Waals surface area (Å²) in [6.45, 7) is 0.275. The molecule has 2 aromatic carbocycles. The van der Waals surface area contributed by atoms with Crippen molar-refractivity contribution in [1.82, 2.24) is 5.32 Å². The molecule has 2 rings (SSSR count). The number of phenolic OH excluding ortho intramolecular Hbond substituents is 1. The lowest BCUT2D eigenvalue weighted by Gasteiger charge is -2.08. The third-order valence-electron chi connectivity index (χ3n) is 2.58. The Hall–Kier alpha value is -2.20. The van der Waals surface area contributed by atoms with E-state index in [1.165, 1.54) is 0 Å². The fraction of sp³-hybridized carbons (Fsp3) is 0.133. The first-order valence-electron chi connectivity index (χ1n) is 6.06. The van der Waals surface area contributed by atoms with Gasteiger partial charge in [-0.1, -0.05) is 23.7 Å². The molecule has 5 heteroatoms. The Morgan fingerprint density at radius 2 is 1.95 bits per heavy atom. The zero-order chi connectivity index (χ0) is 14.4. The smallest absolute Gasteiger partial charge is 0.258 e. The number of hydrogen-bond donors (Lipinski definition) is 2. The summed E-state index contributed by atoms with van der Waals surface area (Å²) in [5.41, 5.74) is 0.824. The van der Waals surface area contributed by atoms with Crippen LogP contribution in [-0.2, 0) is 11.3 Å². The van der Waals surface area contributed by atoms with Crippen molar-refractivity contribution in [3.63, 3.8) is 0 Å². The zero-order valence-electron chi connectivity index (χ0n) is 10.7. The Kier molecular flexibility index (Phi) is 4.85. The van der Waals surface area contributed by atoms with Gasteiger partial charge < -0.3 is 15.2 Å². The van der Waals surface area contributed by atoms with Gasteiger partial charge in [0.15, 0.2) is 6.61 Å². The SMILES string of the molecule is O=C(COc1ccc(Cl)cc1)NCc1cccc(O)c1. The van der Waals surface area contributed by atoms with E-state index >= 15 is 0 Å². The first-order valence-corrected chi connectivity index (χ1v) is 6.44. The number of ether oxygens (including phenoxy) is 1. The molecule has 0 saturated heterocycles. The fourth-order valence-corrected chi connectivity index (χ4v) is 1.72. The van der Waals surface area contributed by atoms with Crippen LogP contribution < -0.4 is 10.1 Å². The van der Waals surface area contributed by atoms with Gasteiger partial charge in [0.2, 0.25) is 0 Å². The van der Waals surface area contributed by atoms with Crippen LogP contribution in [0, 0.1) is 0 Å². The summed E-state index contributed by atoms with van der Waals surface area (Å²) >= 11 is 5.75. The van der Waals surface area contributed by atoms with E-state index in [0.717, 1.165) is 5.56 Å². The van der Waals surface area contributed by atoms with Crippen molar-refractivity contribution in [2.45, 2.75) is 6.54 Å². The van der Waals surface area contributed by atoms with Crippen molar-refractivity contribution < 1.29 is 14.6 Å². The lowest BCUT2D eigenvalue weighted by atomic mass is 10.2. The number of halogens is 1. The molecule has 4 nitrogen and oxygen atoms in total. The van der Waals surface area contributed by atoms with Crippen molar-refractivity contribution in [3.8, 4) is 11.5 Å². The molecule has 0 unspecified atom stereocenters. The molecule has 2 N–H and O–H groups in total. The van der Waals surface area contributed by atoms with Crippen molar-refractivity contribution >= 4 is 17.5 Å². The van der Waals surface area contributed by atoms with Gasteiger partial charge in [0.1, 0.15) is 11.5 Å². The van der Waals surface area contributed by atoms with Gasteiger partial charge in [-0.3, -0.25) is 4.79 Å². The molecule has 0 aliphatic rings. The highest BCUT2D eigenvalue weighted by Crippen LogP contribution is 2.15. The van der Waals surface area contributed by atoms with E-state index in [9.17, 15) is 9.90 Å². The summed E-state index contributed by atoms with van der Waals surface area (Å²) in [6.07, 6.45) is 0. The van der Waals surface area contributed by atoms with Crippen LogP contribution in [0.1, 0.15) is 5.56 Å². The molecule has 0 aliphatic heterocycles. The van der Waals surface area contributed by atoms with Crippen LogP contribution in [0.2, 0.25) is 5.02 Å². The number of benzene rings is 2. The first kappa shape index (κ1) is 14.2. The van der Waals surface area contributed by atoms with Crippen molar-refractivity contribution in [2.75, 3.05) is 6.61 Å². The summed E-state index contributed by atoms with van der Waals surface area (Å²) in [7, 11) is 0. The normalized spacial score (nSPS) is 10.1. The highest BCUT2D eigenvalue weighted by atomic mass is 35.5. The molecular weight excluding hydrogens is 278 g/mol. The summed E-state index contributed by atoms with van der Waals surface area (Å²) in [4.78, 5) is 11.6. The number of phenols is 1. The monoisotopic (exact) mass is 291 g/mol. The van der Waals surface area contributed by atoms with Crippen LogP contribution in [0.5, 0.6) is 11.5 Å². The quantitative estimate of drug-likeness (QED) is 0.890. The van der Waals surface area contributed by atoms with Gasteiger partial charge in [0, 0.05) is 11.6 Å². The van der Waals surface area contributed by atoms with E-state index in [0.29, 0.717) is 17.3 Å². The topological polar surface area (TPSA) is 58.6 Å². The predicted molar refractivity (Wildman–Crippen MR) is 76.9 cm³/mol. The van der Waals surface area contributed by atoms with Gasteiger partial charge in [-0.15, -0.1) is 0 Å². The summed E-state index contributed by atoms with van der Waals surface area (Å²) in [5, 5.41) is 12.6. The molecule has 1 amide bonds. The number of amides is 1. The first-order chi connectivity index (χ1) is 9.63. The minimum absolute atomic E-state index is 0.0690. The van der Waals surface area contributed by atoms with Crippen LogP contribution >= 0.6 is 11.6 Å². The molecule has 0 aromatic heterocycles. The highest BCUT2D eigenvalue weighted by molar-refractivity contribution is 6.30. The Morgan fingerprint density at radius 1 is 1.20 bits per heavy atom. The fourth-order valence-electron chi connectivity index (χ4n) is 1.60. The Bertz CT molecular complexity index is 584. The van der Waals surface area contributed by atoms with Gasteiger partial charge in [-0.2, -0.15) is 0 Å². The van der Waals surface area contributed by atoms with Crippen LogP contribution in [-0.4, -0.2) is 17.6 Å². The zero-order valence-corrected chi connectivity index (χ0v) is 11.4. The Balaban J connectivity index is 1.77. The molecule has 104 valence electrons. The molecule has 0 saturated carbocycles. The van der Waals surface area contributed by atoms with Gasteiger partial charge in [-0.05, 0) is 42.0 Å². The standard InChI is InChI=1S/C15H14ClNO3/c16-12-4-6-14(7-5-12)20-10-15(19)17-9-11-2-1-3-13(18)8-11/h1-8,18H,9-10H2,(H,17,19). The van der Waals surface area contributed by atoms with E-state index in [4.69, 9.17) is 16.3 Å². The molecule has 0 atom stereocenters. The molecule has 0 fully saturated rings. The molecule has 20 heavy (non-hydrogen) atoms. The average Bonchev–Trinajstić information content (AvgIpc) is 2.45. The lowest BCUT2D eigenvalue weighted by Crippen LogP contribution is -2.28. The molecule has 0 radical (unpaired) electrons. The largest absolute Gasteiger partial charge is 0.508 e. The van der Waals surface area contributed by atoms with E-state index in [2.05, 4.69) is 5.32 Å². The van der Waals surface area contributed by atoms with E-state index in [1.807, 2.05) is 6.07 Å². The molecule has 2 aromatic rings. The molecule has 0 bridgehead atoms. The second kappa shape index (κ2) is 6.82. The average molecular weight is 292 g/mol. The van der Waals surface area contributed by atoms with Gasteiger partial charge >= 0.3 is 0 Å². The maximum absolute atomic E-state index is 11.6. The van der Waals surface area contributed by atoms with Crippen molar-refractivity contribution in [2.24, 2.45) is 0 Å². The second-order valence-corrected chi connectivity index (χ2v) is 4.63. The third kappa shape index (κ3) is 4.48. The number of hydrogen-bond acceptors (Lipinski definition) is 3.